The zero-order valence-electron chi connectivity index (χ0n) is 31.7. The maximum absolute atomic E-state index is 6.59. The van der Waals surface area contributed by atoms with Gasteiger partial charge in [0.05, 0.1) is 0 Å². The van der Waals surface area contributed by atoms with Crippen LogP contribution in [0.25, 0.3) is 38.4 Å². The molecule has 4 aliphatic carbocycles. The van der Waals surface area contributed by atoms with Crippen LogP contribution in [0.15, 0.2) is 140 Å². The van der Waals surface area contributed by atoms with Crippen LogP contribution in [0.3, 0.4) is 0 Å². The fourth-order valence-electron chi connectivity index (χ4n) is 11.8. The molecule has 2 aromatic heterocycles. The molecule has 4 saturated carbocycles. The predicted octanol–water partition coefficient (Wildman–Crippen LogP) is 12.2. The Morgan fingerprint density at radius 2 is 1.37 bits per heavy atom. The number of benzene rings is 6. The van der Waals surface area contributed by atoms with Crippen molar-refractivity contribution in [1.29, 1.82) is 0 Å². The van der Waals surface area contributed by atoms with Gasteiger partial charge < -0.3 is 19.1 Å². The summed E-state index contributed by atoms with van der Waals surface area (Å²) in [5.41, 5.74) is 8.11. The van der Waals surface area contributed by atoms with Gasteiger partial charge in [0.1, 0.15) is 5.82 Å². The molecule has 5 nitrogen and oxygen atoms in total. The van der Waals surface area contributed by atoms with Gasteiger partial charge >= 0.3 is 0 Å². The number of ether oxygens (including phenoxy) is 1. The second-order valence-electron chi connectivity index (χ2n) is 16.6. The smallest absolute Gasteiger partial charge is 0.135 e. The molecular weight excluding hydrogens is 880 g/mol. The van der Waals surface area contributed by atoms with Crippen LogP contribution in [0, 0.1) is 42.5 Å². The van der Waals surface area contributed by atoms with E-state index in [1.165, 1.54) is 59.4 Å². The molecule has 4 bridgehead atoms. The van der Waals surface area contributed by atoms with Gasteiger partial charge in [0.25, 0.3) is 0 Å². The number of rotatable bonds is 6. The van der Waals surface area contributed by atoms with Gasteiger partial charge in [-0.05, 0) is 120 Å². The summed E-state index contributed by atoms with van der Waals surface area (Å²) < 4.78 is 8.89. The first-order valence-electron chi connectivity index (χ1n) is 20.2. The number of fused-ring (bicyclic) bond motifs is 5. The summed E-state index contributed by atoms with van der Waals surface area (Å²) in [6.07, 6.45) is 8.74. The summed E-state index contributed by atoms with van der Waals surface area (Å²) in [5.74, 6) is 5.15. The molecule has 6 aromatic carbocycles. The van der Waals surface area contributed by atoms with E-state index in [1.807, 2.05) is 18.2 Å². The van der Waals surface area contributed by atoms with Crippen molar-refractivity contribution in [2.75, 3.05) is 16.8 Å². The first-order chi connectivity index (χ1) is 27.6. The molecule has 6 heteroatoms. The van der Waals surface area contributed by atoms with Gasteiger partial charge in [0, 0.05) is 61.1 Å². The number of aromatic nitrogens is 2. The van der Waals surface area contributed by atoms with Crippen LogP contribution < -0.4 is 14.5 Å². The van der Waals surface area contributed by atoms with E-state index in [-0.39, 0.29) is 26.5 Å². The van der Waals surface area contributed by atoms with E-state index in [1.54, 1.807) is 0 Å². The molecule has 0 atom stereocenters. The largest absolute Gasteiger partial charge is 0.509 e. The Kier molecular flexibility index (Phi) is 8.16. The number of nitrogens with zero attached hydrogens (tertiary/aromatic N) is 4. The third kappa shape index (κ3) is 5.27. The average molecular weight is 921 g/mol. The maximum atomic E-state index is 6.59. The van der Waals surface area contributed by atoms with Gasteiger partial charge in [0.2, 0.25) is 0 Å². The monoisotopic (exact) mass is 920 g/mol. The van der Waals surface area contributed by atoms with E-state index in [9.17, 15) is 0 Å². The predicted molar refractivity (Wildman–Crippen MR) is 226 cm³/mol. The summed E-state index contributed by atoms with van der Waals surface area (Å²) >= 11 is 0. The Hall–Kier alpha value is -5.38. The van der Waals surface area contributed by atoms with Crippen LogP contribution in [-0.4, -0.2) is 16.6 Å². The third-order valence-electron chi connectivity index (χ3n) is 13.7. The van der Waals surface area contributed by atoms with Crippen molar-refractivity contribution in [2.24, 2.45) is 23.7 Å². The Morgan fingerprint density at radius 1 is 0.667 bits per heavy atom. The Morgan fingerprint density at radius 3 is 2.21 bits per heavy atom. The van der Waals surface area contributed by atoms with Crippen LogP contribution in [-0.2, 0) is 26.5 Å². The van der Waals surface area contributed by atoms with Crippen molar-refractivity contribution >= 4 is 49.6 Å². The standard InChI is InChI=1S/C51H41N4O.Pt/c1-53-32-54(48-19-7-6-18-47(48)53)39-12-9-13-40(30-39)56-41-20-21-44-43-15-4-5-17-46(43)55(49(44)31-41)50-29-36(22-23-52-50)51(37-25-33-24-34(27-37)28-38(51)26-33)45-16-8-11-35-10-2-3-14-42(35)45;/h2-23,29,32-34,37-38H,24-28H2,1H3;/q-3;. The number of pyridine rings is 1. The molecule has 0 saturated heterocycles. The second kappa shape index (κ2) is 13.3. The van der Waals surface area contributed by atoms with Crippen LogP contribution in [0.1, 0.15) is 43.2 Å². The zero-order chi connectivity index (χ0) is 37.0. The summed E-state index contributed by atoms with van der Waals surface area (Å²) in [4.78, 5) is 9.44. The van der Waals surface area contributed by atoms with Gasteiger partial charge in [-0.1, -0.05) is 78.3 Å². The summed E-state index contributed by atoms with van der Waals surface area (Å²) in [6, 6.07) is 55.4. The molecule has 5 aliphatic rings. The van der Waals surface area contributed by atoms with Crippen molar-refractivity contribution in [2.45, 2.75) is 37.5 Å². The number of hydrogen-bond acceptors (Lipinski definition) is 4. The molecule has 4 fully saturated rings. The van der Waals surface area contributed by atoms with Crippen molar-refractivity contribution in [1.82, 2.24) is 9.55 Å². The van der Waals surface area contributed by atoms with E-state index in [4.69, 9.17) is 9.72 Å². The van der Waals surface area contributed by atoms with Gasteiger partial charge in [-0.15, -0.1) is 41.4 Å². The van der Waals surface area contributed by atoms with Crippen LogP contribution in [0.5, 0.6) is 11.5 Å². The van der Waals surface area contributed by atoms with Crippen LogP contribution >= 0.6 is 0 Å². The maximum Gasteiger partial charge on any atom is 0.135 e. The molecule has 13 rings (SSSR count). The number of anilines is 3. The molecule has 0 N–H and O–H groups in total. The minimum Gasteiger partial charge on any atom is -0.509 e. The van der Waals surface area contributed by atoms with Gasteiger partial charge in [0.15, 0.2) is 0 Å². The molecule has 0 radical (unpaired) electrons. The summed E-state index contributed by atoms with van der Waals surface area (Å²) in [7, 11) is 2.07. The molecule has 57 heavy (non-hydrogen) atoms. The number of hydrogen-bond donors (Lipinski definition) is 0. The normalized spacial score (nSPS) is 23.3. The zero-order valence-corrected chi connectivity index (χ0v) is 34.0. The molecule has 8 aromatic rings. The molecule has 0 amide bonds. The van der Waals surface area contributed by atoms with Crippen LogP contribution in [0.4, 0.5) is 17.1 Å². The fourth-order valence-corrected chi connectivity index (χ4v) is 11.8. The molecule has 284 valence electrons. The van der Waals surface area contributed by atoms with E-state index >= 15 is 0 Å². The number of para-hydroxylation sites is 3. The molecule has 3 heterocycles. The fraction of sp³-hybridized carbons (Fsp3) is 0.216. The van der Waals surface area contributed by atoms with E-state index in [0.717, 1.165) is 51.1 Å². The Labute approximate surface area is 348 Å². The molecule has 0 unspecified atom stereocenters. The topological polar surface area (TPSA) is 33.5 Å². The van der Waals surface area contributed by atoms with E-state index in [2.05, 4.69) is 162 Å². The minimum absolute atomic E-state index is 0. The third-order valence-corrected chi connectivity index (χ3v) is 13.7. The van der Waals surface area contributed by atoms with Crippen molar-refractivity contribution < 1.29 is 25.8 Å². The Balaban J connectivity index is 0.00000374. The summed E-state index contributed by atoms with van der Waals surface area (Å²) in [5, 5.41) is 5.03. The van der Waals surface area contributed by atoms with Crippen molar-refractivity contribution in [3.05, 3.63) is 170 Å². The quantitative estimate of drug-likeness (QED) is 0.156. The SMILES string of the molecule is CN1[CH-]N(c2[c-]c(Oc3[c-]c4c(cc3)c3ccccc3n4-c3cc(C4(c5cccc6ccccc56)C5CC6CC(C5)CC4C6)ccn3)ccc2)c2ccccc21.[Pt]. The van der Waals surface area contributed by atoms with E-state index in [0.29, 0.717) is 23.3 Å². The Bertz CT molecular complexity index is 2810. The average Bonchev–Trinajstić information content (AvgIpc) is 3.75. The molecule has 1 aliphatic heterocycles. The van der Waals surface area contributed by atoms with E-state index < -0.39 is 0 Å². The second-order valence-corrected chi connectivity index (χ2v) is 16.6. The molecule has 0 spiro atoms. The van der Waals surface area contributed by atoms with Crippen molar-refractivity contribution in [3.8, 4) is 17.3 Å². The van der Waals surface area contributed by atoms with Crippen LogP contribution in [0.2, 0.25) is 0 Å². The minimum atomic E-state index is -0.0638. The van der Waals surface area contributed by atoms with Gasteiger partial charge in [-0.25, -0.2) is 4.98 Å². The van der Waals surface area contributed by atoms with Crippen molar-refractivity contribution in [3.63, 3.8) is 0 Å². The van der Waals surface area contributed by atoms with Gasteiger partial charge in [-0.3, -0.25) is 0 Å². The molecular formula is C51H41N4OPt-3. The summed E-state index contributed by atoms with van der Waals surface area (Å²) in [6.45, 7) is 2.09. The first-order valence-corrected chi connectivity index (χ1v) is 20.2. The first kappa shape index (κ1) is 34.8. The van der Waals surface area contributed by atoms with Gasteiger partial charge in [-0.2, -0.15) is 18.8 Å².